The number of hydrogen-bond acceptors (Lipinski definition) is 4. The van der Waals surface area contributed by atoms with E-state index in [0.717, 1.165) is 13.1 Å². The number of rotatable bonds is 6. The molecule has 1 aliphatic rings. The van der Waals surface area contributed by atoms with Gasteiger partial charge < -0.3 is 9.64 Å². The van der Waals surface area contributed by atoms with E-state index in [9.17, 15) is 4.79 Å². The van der Waals surface area contributed by atoms with Crippen LogP contribution in [-0.4, -0.2) is 62.0 Å². The maximum atomic E-state index is 11.6. The van der Waals surface area contributed by atoms with Gasteiger partial charge in [-0.15, -0.1) is 0 Å². The number of carbonyl (C=O) groups excluding carboxylic acids is 1. The summed E-state index contributed by atoms with van der Waals surface area (Å²) in [5, 5.41) is 0. The van der Waals surface area contributed by atoms with Crippen LogP contribution in [0.4, 0.5) is 0 Å². The third-order valence-corrected chi connectivity index (χ3v) is 4.19. The van der Waals surface area contributed by atoms with Crippen LogP contribution in [0.1, 0.15) is 30.1 Å². The van der Waals surface area contributed by atoms with Gasteiger partial charge in [0.2, 0.25) is 0 Å². The molecule has 116 valence electrons. The predicted octanol–water partition coefficient (Wildman–Crippen LogP) is 2.29. The zero-order valence-corrected chi connectivity index (χ0v) is 13.3. The van der Waals surface area contributed by atoms with Gasteiger partial charge in [-0.3, -0.25) is 9.69 Å². The molecule has 2 rings (SSSR count). The van der Waals surface area contributed by atoms with Gasteiger partial charge in [0.15, 0.2) is 5.78 Å². The highest BCUT2D eigenvalue weighted by atomic mass is 16.5. The Morgan fingerprint density at radius 3 is 2.90 bits per heavy atom. The Morgan fingerprint density at radius 2 is 2.19 bits per heavy atom. The molecule has 4 nitrogen and oxygen atoms in total. The zero-order valence-electron chi connectivity index (χ0n) is 13.3. The van der Waals surface area contributed by atoms with Crippen LogP contribution in [0.3, 0.4) is 0 Å². The molecule has 1 aromatic carbocycles. The molecule has 0 saturated carbocycles. The summed E-state index contributed by atoms with van der Waals surface area (Å²) in [6, 6.07) is 8.06. The number of nitrogens with zero attached hydrogens (tertiary/aromatic N) is 2. The van der Waals surface area contributed by atoms with Crippen molar-refractivity contribution >= 4 is 5.78 Å². The number of carbonyl (C=O) groups is 1. The molecule has 0 amide bonds. The van der Waals surface area contributed by atoms with Gasteiger partial charge in [0, 0.05) is 19.1 Å². The van der Waals surface area contributed by atoms with E-state index < -0.39 is 0 Å². The molecule has 0 aromatic heterocycles. The Bertz CT molecular complexity index is 476. The number of benzene rings is 1. The molecule has 0 radical (unpaired) electrons. The maximum Gasteiger partial charge on any atom is 0.163 e. The second-order valence-electron chi connectivity index (χ2n) is 5.94. The van der Waals surface area contributed by atoms with E-state index in [0.29, 0.717) is 24.0 Å². The van der Waals surface area contributed by atoms with E-state index in [1.807, 2.05) is 24.3 Å². The number of Topliss-reactive ketones (excluding diaryl/α,β-unsaturated/α-hetero) is 1. The number of para-hydroxylation sites is 1. The van der Waals surface area contributed by atoms with Crippen LogP contribution < -0.4 is 4.74 Å². The average molecular weight is 290 g/mol. The van der Waals surface area contributed by atoms with Gasteiger partial charge >= 0.3 is 0 Å². The fourth-order valence-corrected chi connectivity index (χ4v) is 2.86. The quantitative estimate of drug-likeness (QED) is 0.753. The lowest BCUT2D eigenvalue weighted by atomic mass is 10.1. The molecule has 1 aromatic rings. The molecule has 1 saturated heterocycles. The predicted molar refractivity (Wildman–Crippen MR) is 85.1 cm³/mol. The molecule has 1 heterocycles. The Labute approximate surface area is 127 Å². The lowest BCUT2D eigenvalue weighted by molar-refractivity contribution is 0.100. The molecule has 0 N–H and O–H groups in total. The van der Waals surface area contributed by atoms with Gasteiger partial charge in [-0.25, -0.2) is 0 Å². The first-order chi connectivity index (χ1) is 10.1. The fraction of sp³-hybridized carbons (Fsp3) is 0.588. The normalized spacial score (nSPS) is 19.7. The highest BCUT2D eigenvalue weighted by Gasteiger charge is 2.20. The molecule has 0 bridgehead atoms. The number of hydrogen-bond donors (Lipinski definition) is 0. The maximum absolute atomic E-state index is 11.6. The Hall–Kier alpha value is -1.39. The monoisotopic (exact) mass is 290 g/mol. The number of ketones is 1. The summed E-state index contributed by atoms with van der Waals surface area (Å²) in [5.41, 5.74) is 0.664. The van der Waals surface area contributed by atoms with Crippen molar-refractivity contribution in [3.8, 4) is 5.75 Å². The van der Waals surface area contributed by atoms with Gasteiger partial charge in [0.1, 0.15) is 12.4 Å². The summed E-state index contributed by atoms with van der Waals surface area (Å²) < 4.78 is 5.81. The van der Waals surface area contributed by atoms with Crippen LogP contribution >= 0.6 is 0 Å². The summed E-state index contributed by atoms with van der Waals surface area (Å²) in [6.07, 6.45) is 2.52. The second kappa shape index (κ2) is 7.57. The van der Waals surface area contributed by atoms with Crippen molar-refractivity contribution in [2.45, 2.75) is 25.8 Å². The zero-order chi connectivity index (χ0) is 15.2. The number of likely N-dealkylation sites (tertiary alicyclic amines) is 1. The SMILES string of the molecule is CC(=O)c1ccccc1OCCN(C)C1CCCN(C)C1. The summed E-state index contributed by atoms with van der Waals surface area (Å²) in [7, 11) is 4.34. The number of ether oxygens (including phenoxy) is 1. The van der Waals surface area contributed by atoms with Crippen LogP contribution in [0.25, 0.3) is 0 Å². The Balaban J connectivity index is 1.82. The molecule has 1 unspecified atom stereocenters. The van der Waals surface area contributed by atoms with E-state index in [-0.39, 0.29) is 5.78 Å². The third-order valence-electron chi connectivity index (χ3n) is 4.19. The van der Waals surface area contributed by atoms with Crippen LogP contribution in [0.5, 0.6) is 5.75 Å². The second-order valence-corrected chi connectivity index (χ2v) is 5.94. The smallest absolute Gasteiger partial charge is 0.163 e. The number of likely N-dealkylation sites (N-methyl/N-ethyl adjacent to an activating group) is 2. The molecular formula is C17H26N2O2. The largest absolute Gasteiger partial charge is 0.491 e. The summed E-state index contributed by atoms with van der Waals surface area (Å²) >= 11 is 0. The molecule has 0 spiro atoms. The summed E-state index contributed by atoms with van der Waals surface area (Å²) in [4.78, 5) is 16.3. The number of piperidine rings is 1. The van der Waals surface area contributed by atoms with Gasteiger partial charge in [-0.1, -0.05) is 12.1 Å². The summed E-state index contributed by atoms with van der Waals surface area (Å²) in [5.74, 6) is 0.743. The Kier molecular flexibility index (Phi) is 5.76. The minimum Gasteiger partial charge on any atom is -0.491 e. The standard InChI is InChI=1S/C17H26N2O2/c1-14(20)16-8-4-5-9-17(16)21-12-11-19(3)15-7-6-10-18(2)13-15/h4-5,8-9,15H,6-7,10-13H2,1-3H3. The first-order valence-corrected chi connectivity index (χ1v) is 7.69. The van der Waals surface area contributed by atoms with E-state index in [4.69, 9.17) is 4.74 Å². The molecule has 4 heteroatoms. The van der Waals surface area contributed by atoms with Gasteiger partial charge in [0.25, 0.3) is 0 Å². The highest BCUT2D eigenvalue weighted by molar-refractivity contribution is 5.96. The molecular weight excluding hydrogens is 264 g/mol. The van der Waals surface area contributed by atoms with Crippen molar-refractivity contribution in [3.05, 3.63) is 29.8 Å². The first-order valence-electron chi connectivity index (χ1n) is 7.69. The third kappa shape index (κ3) is 4.55. The van der Waals surface area contributed by atoms with E-state index in [1.165, 1.54) is 19.4 Å². The van der Waals surface area contributed by atoms with E-state index in [2.05, 4.69) is 23.9 Å². The minimum atomic E-state index is 0.0489. The first kappa shape index (κ1) is 16.0. The van der Waals surface area contributed by atoms with Crippen molar-refractivity contribution in [3.63, 3.8) is 0 Å². The molecule has 21 heavy (non-hydrogen) atoms. The van der Waals surface area contributed by atoms with Crippen LogP contribution in [0.2, 0.25) is 0 Å². The minimum absolute atomic E-state index is 0.0489. The van der Waals surface area contributed by atoms with E-state index >= 15 is 0 Å². The van der Waals surface area contributed by atoms with Crippen molar-refractivity contribution in [2.24, 2.45) is 0 Å². The van der Waals surface area contributed by atoms with Crippen molar-refractivity contribution < 1.29 is 9.53 Å². The van der Waals surface area contributed by atoms with Crippen molar-refractivity contribution in [2.75, 3.05) is 40.3 Å². The average Bonchev–Trinajstić information content (AvgIpc) is 2.47. The summed E-state index contributed by atoms with van der Waals surface area (Å²) in [6.45, 7) is 5.39. The van der Waals surface area contributed by atoms with Crippen molar-refractivity contribution in [1.82, 2.24) is 9.80 Å². The topological polar surface area (TPSA) is 32.8 Å². The van der Waals surface area contributed by atoms with Crippen LogP contribution in [0.15, 0.2) is 24.3 Å². The lowest BCUT2D eigenvalue weighted by Crippen LogP contribution is -2.46. The van der Waals surface area contributed by atoms with Crippen LogP contribution in [-0.2, 0) is 0 Å². The van der Waals surface area contributed by atoms with Gasteiger partial charge in [-0.2, -0.15) is 0 Å². The molecule has 1 fully saturated rings. The van der Waals surface area contributed by atoms with Crippen molar-refractivity contribution in [1.29, 1.82) is 0 Å². The molecule has 1 atom stereocenters. The lowest BCUT2D eigenvalue weighted by Gasteiger charge is -2.35. The molecule has 1 aliphatic heterocycles. The Morgan fingerprint density at radius 1 is 1.43 bits per heavy atom. The van der Waals surface area contributed by atoms with Gasteiger partial charge in [-0.05, 0) is 52.5 Å². The van der Waals surface area contributed by atoms with E-state index in [1.54, 1.807) is 6.92 Å². The van der Waals surface area contributed by atoms with Gasteiger partial charge in [0.05, 0.1) is 5.56 Å². The fourth-order valence-electron chi connectivity index (χ4n) is 2.86. The van der Waals surface area contributed by atoms with Crippen LogP contribution in [0, 0.1) is 0 Å². The highest BCUT2D eigenvalue weighted by Crippen LogP contribution is 2.18. The molecule has 0 aliphatic carbocycles.